The van der Waals surface area contributed by atoms with E-state index in [9.17, 15) is 34.7 Å². The van der Waals surface area contributed by atoms with Crippen molar-refractivity contribution in [3.63, 3.8) is 0 Å². The van der Waals surface area contributed by atoms with Crippen LogP contribution in [0.5, 0.6) is 5.75 Å². The molecule has 0 radical (unpaired) electrons. The molecule has 4 atom stereocenters. The number of imide groups is 1. The number of hydrogen-bond donors (Lipinski definition) is 3. The molecule has 0 bridgehead atoms. The van der Waals surface area contributed by atoms with Gasteiger partial charge in [0.1, 0.15) is 11.3 Å². The van der Waals surface area contributed by atoms with Crippen LogP contribution in [0.4, 0.5) is 5.69 Å². The molecule has 3 N–H and O–H groups in total. The summed E-state index contributed by atoms with van der Waals surface area (Å²) in [7, 11) is 0. The lowest BCUT2D eigenvalue weighted by Gasteiger charge is -2.34. The third-order valence-corrected chi connectivity index (χ3v) is 8.51. The lowest BCUT2D eigenvalue weighted by Crippen LogP contribution is -2.58. The molecule has 10 nitrogen and oxygen atoms in total. The number of carbonyl (C=O) groups is 3. The number of phenolic OH excluding ortho intramolecular Hbond substituents is 1. The average molecular weight is 522 g/mol. The van der Waals surface area contributed by atoms with Gasteiger partial charge >= 0.3 is 5.97 Å². The highest BCUT2D eigenvalue weighted by Crippen LogP contribution is 2.51. The van der Waals surface area contributed by atoms with Crippen molar-refractivity contribution in [2.24, 2.45) is 11.8 Å². The zero-order chi connectivity index (χ0) is 27.4. The molecule has 2 aliphatic heterocycles. The van der Waals surface area contributed by atoms with Gasteiger partial charge in [-0.3, -0.25) is 34.7 Å². The quantitative estimate of drug-likeness (QED) is 0.297. The first-order chi connectivity index (χ1) is 18.0. The fourth-order valence-electron chi connectivity index (χ4n) is 6.67. The Kier molecular flexibility index (Phi) is 6.46. The first kappa shape index (κ1) is 25.8. The van der Waals surface area contributed by atoms with Crippen molar-refractivity contribution in [1.29, 1.82) is 0 Å². The van der Waals surface area contributed by atoms with Crippen LogP contribution in [-0.4, -0.2) is 49.4 Å². The smallest absolute Gasteiger partial charge is 0.325 e. The molecule has 2 saturated heterocycles. The van der Waals surface area contributed by atoms with E-state index >= 15 is 0 Å². The van der Waals surface area contributed by atoms with Gasteiger partial charge in [-0.25, -0.2) is 0 Å². The van der Waals surface area contributed by atoms with Crippen molar-refractivity contribution in [1.82, 2.24) is 10.2 Å². The van der Waals surface area contributed by atoms with E-state index in [-0.39, 0.29) is 29.8 Å². The Morgan fingerprint density at radius 2 is 1.68 bits per heavy atom. The third-order valence-electron chi connectivity index (χ3n) is 8.51. The number of fused-ring (bicyclic) bond motifs is 1. The van der Waals surface area contributed by atoms with Crippen LogP contribution in [0.25, 0.3) is 0 Å². The zero-order valence-corrected chi connectivity index (χ0v) is 21.3. The Morgan fingerprint density at radius 3 is 2.24 bits per heavy atom. The Hall–Kier alpha value is -3.79. The van der Waals surface area contributed by atoms with Crippen LogP contribution in [0.2, 0.25) is 0 Å². The molecule has 2 heterocycles. The number of nitrogens with one attached hydrogen (secondary N) is 1. The number of aryl methyl sites for hydroxylation is 2. The molecule has 3 aliphatic rings. The summed E-state index contributed by atoms with van der Waals surface area (Å²) >= 11 is 0. The molecule has 200 valence electrons. The molecular weight excluding hydrogens is 490 g/mol. The van der Waals surface area contributed by atoms with Gasteiger partial charge in [0.05, 0.1) is 16.8 Å². The first-order valence-electron chi connectivity index (χ1n) is 13.0. The molecule has 0 spiro atoms. The lowest BCUT2D eigenvalue weighted by atomic mass is 9.76. The first-order valence-corrected chi connectivity index (χ1v) is 13.0. The predicted molar refractivity (Wildman–Crippen MR) is 136 cm³/mol. The SMILES string of the molecule is Cc1cc(C2NC(Cc3ccc([N+](=O)[O-])cc3)(C(=O)O)C3C(=O)N(C4CCCCC4)C(=O)C23)cc(C)c1O. The number of carboxylic acids is 1. The second-order valence-corrected chi connectivity index (χ2v) is 10.8. The van der Waals surface area contributed by atoms with Gasteiger partial charge in [0.15, 0.2) is 0 Å². The summed E-state index contributed by atoms with van der Waals surface area (Å²) in [5.74, 6) is -4.05. The minimum Gasteiger partial charge on any atom is -0.507 e. The van der Waals surface area contributed by atoms with Gasteiger partial charge in [0, 0.05) is 30.6 Å². The number of amides is 2. The molecule has 2 aromatic carbocycles. The van der Waals surface area contributed by atoms with E-state index in [4.69, 9.17) is 0 Å². The molecule has 1 aliphatic carbocycles. The topological polar surface area (TPSA) is 150 Å². The van der Waals surface area contributed by atoms with Gasteiger partial charge in [-0.05, 0) is 48.9 Å². The van der Waals surface area contributed by atoms with Gasteiger partial charge in [-0.15, -0.1) is 0 Å². The number of nitrogens with zero attached hydrogens (tertiary/aromatic N) is 2. The highest BCUT2D eigenvalue weighted by atomic mass is 16.6. The average Bonchev–Trinajstić information content (AvgIpc) is 3.37. The van der Waals surface area contributed by atoms with E-state index < -0.39 is 40.2 Å². The highest BCUT2D eigenvalue weighted by molar-refractivity contribution is 6.09. The fraction of sp³-hybridized carbons (Fsp3) is 0.464. The summed E-state index contributed by atoms with van der Waals surface area (Å²) in [4.78, 5) is 52.9. The third kappa shape index (κ3) is 4.03. The van der Waals surface area contributed by atoms with Crippen molar-refractivity contribution in [3.05, 3.63) is 68.8 Å². The van der Waals surface area contributed by atoms with Crippen LogP contribution in [0.1, 0.15) is 60.4 Å². The summed E-state index contributed by atoms with van der Waals surface area (Å²) in [6.45, 7) is 3.46. The number of rotatable bonds is 6. The number of aromatic hydroxyl groups is 1. The second kappa shape index (κ2) is 9.50. The number of phenols is 1. The van der Waals surface area contributed by atoms with Crippen molar-refractivity contribution in [2.45, 2.75) is 70.0 Å². The molecule has 2 amide bonds. The molecule has 5 rings (SSSR count). The molecule has 1 saturated carbocycles. The van der Waals surface area contributed by atoms with E-state index in [2.05, 4.69) is 5.32 Å². The van der Waals surface area contributed by atoms with Crippen LogP contribution in [-0.2, 0) is 20.8 Å². The van der Waals surface area contributed by atoms with E-state index in [1.807, 2.05) is 0 Å². The van der Waals surface area contributed by atoms with Crippen molar-refractivity contribution in [2.75, 3.05) is 0 Å². The monoisotopic (exact) mass is 521 g/mol. The maximum Gasteiger partial charge on any atom is 0.325 e. The standard InChI is InChI=1S/C28H31N3O7/c1-15-12-18(13-16(2)24(15)32)23-21-22(26(34)30(25(21)33)19-6-4-3-5-7-19)28(29-23,27(35)36)14-17-8-10-20(11-9-17)31(37)38/h8-13,19,21-23,29,32H,3-7,14H2,1-2H3,(H,35,36). The minimum absolute atomic E-state index is 0.122. The van der Waals surface area contributed by atoms with E-state index in [0.29, 0.717) is 35.1 Å². The Bertz CT molecular complexity index is 1300. The number of likely N-dealkylation sites (tertiary alicyclic amines) is 1. The molecule has 2 aromatic rings. The fourth-order valence-corrected chi connectivity index (χ4v) is 6.67. The summed E-state index contributed by atoms with van der Waals surface area (Å²) in [6, 6.07) is 8.02. The number of carbonyl (C=O) groups excluding carboxylic acids is 2. The number of carboxylic acid groups (broad SMARTS) is 1. The number of non-ortho nitro benzene ring substituents is 1. The van der Waals surface area contributed by atoms with Gasteiger partial charge in [-0.2, -0.15) is 0 Å². The largest absolute Gasteiger partial charge is 0.507 e. The molecule has 4 unspecified atom stereocenters. The molecule has 10 heteroatoms. The Morgan fingerprint density at radius 1 is 1.08 bits per heavy atom. The van der Waals surface area contributed by atoms with E-state index in [0.717, 1.165) is 19.3 Å². The summed E-state index contributed by atoms with van der Waals surface area (Å²) in [5, 5.41) is 35.3. The van der Waals surface area contributed by atoms with E-state index in [1.54, 1.807) is 26.0 Å². The molecule has 38 heavy (non-hydrogen) atoms. The van der Waals surface area contributed by atoms with Gasteiger partial charge in [-0.1, -0.05) is 43.5 Å². The zero-order valence-electron chi connectivity index (χ0n) is 21.3. The molecular formula is C28H31N3O7. The highest BCUT2D eigenvalue weighted by Gasteiger charge is 2.69. The van der Waals surface area contributed by atoms with Crippen LogP contribution in [0.15, 0.2) is 36.4 Å². The van der Waals surface area contributed by atoms with E-state index in [1.165, 1.54) is 29.2 Å². The van der Waals surface area contributed by atoms with Crippen LogP contribution in [0, 0.1) is 35.8 Å². The minimum atomic E-state index is -1.80. The number of hydrogen-bond acceptors (Lipinski definition) is 7. The molecule has 3 fully saturated rings. The lowest BCUT2D eigenvalue weighted by molar-refractivity contribution is -0.384. The number of benzene rings is 2. The van der Waals surface area contributed by atoms with Crippen LogP contribution in [0.3, 0.4) is 0 Å². The Balaban J connectivity index is 1.62. The Labute approximate surface area is 219 Å². The van der Waals surface area contributed by atoms with Crippen molar-refractivity contribution in [3.8, 4) is 5.75 Å². The maximum atomic E-state index is 14.0. The maximum absolute atomic E-state index is 14.0. The molecule has 0 aromatic heterocycles. The summed E-state index contributed by atoms with van der Waals surface area (Å²) in [5.41, 5.74) is 0.371. The van der Waals surface area contributed by atoms with Crippen molar-refractivity contribution < 1.29 is 29.5 Å². The summed E-state index contributed by atoms with van der Waals surface area (Å²) < 4.78 is 0. The number of nitro groups is 1. The predicted octanol–water partition coefficient (Wildman–Crippen LogP) is 3.56. The summed E-state index contributed by atoms with van der Waals surface area (Å²) in [6.07, 6.45) is 4.12. The second-order valence-electron chi connectivity index (χ2n) is 10.8. The van der Waals surface area contributed by atoms with Gasteiger partial charge < -0.3 is 10.2 Å². The van der Waals surface area contributed by atoms with Gasteiger partial charge in [0.2, 0.25) is 11.8 Å². The normalized spacial score (nSPS) is 27.5. The number of nitro benzene ring substituents is 1. The van der Waals surface area contributed by atoms with Crippen molar-refractivity contribution >= 4 is 23.5 Å². The number of aliphatic carboxylic acids is 1. The van der Waals surface area contributed by atoms with Crippen LogP contribution >= 0.6 is 0 Å². The van der Waals surface area contributed by atoms with Gasteiger partial charge in [0.25, 0.3) is 5.69 Å². The van der Waals surface area contributed by atoms with Crippen LogP contribution < -0.4 is 5.32 Å².